The van der Waals surface area contributed by atoms with Gasteiger partial charge in [0, 0.05) is 6.07 Å². The monoisotopic (exact) mass is 371 g/mol. The number of amides is 1. The number of methoxy groups -OCH3 is 2. The third kappa shape index (κ3) is 3.55. The van der Waals surface area contributed by atoms with Crippen LogP contribution in [0.15, 0.2) is 47.4 Å². The predicted molar refractivity (Wildman–Crippen MR) is 106 cm³/mol. The van der Waals surface area contributed by atoms with Crippen molar-refractivity contribution in [3.05, 3.63) is 58.5 Å². The molecule has 128 valence electrons. The summed E-state index contributed by atoms with van der Waals surface area (Å²) in [6.07, 6.45) is 1.86. The summed E-state index contributed by atoms with van der Waals surface area (Å²) in [6, 6.07) is 13.3. The summed E-state index contributed by atoms with van der Waals surface area (Å²) in [5.41, 5.74) is 2.72. The number of ether oxygens (including phenoxy) is 2. The Hall–Kier alpha value is -2.31. The van der Waals surface area contributed by atoms with Crippen LogP contribution in [0, 0.1) is 6.92 Å². The van der Waals surface area contributed by atoms with Crippen LogP contribution in [0.1, 0.15) is 11.1 Å². The number of thiocarbonyl (C=S) groups is 1. The lowest BCUT2D eigenvalue weighted by molar-refractivity contribution is -0.113. The van der Waals surface area contributed by atoms with E-state index in [2.05, 4.69) is 0 Å². The normalized spacial score (nSPS) is 15.8. The standard InChI is InChI=1S/C19H17NO3S2/c1-12-5-4-6-13(9-12)10-17-18(21)20(19(24)25-17)15-8-7-14(22-2)11-16(15)23-3/h4-11H,1-3H3/b17-10-. The van der Waals surface area contributed by atoms with E-state index in [1.165, 1.54) is 16.7 Å². The van der Waals surface area contributed by atoms with Gasteiger partial charge in [-0.05, 0) is 30.7 Å². The van der Waals surface area contributed by atoms with Crippen molar-refractivity contribution >= 4 is 46.0 Å². The molecule has 0 saturated carbocycles. The fourth-order valence-corrected chi connectivity index (χ4v) is 3.84. The van der Waals surface area contributed by atoms with Crippen molar-refractivity contribution in [1.82, 2.24) is 0 Å². The van der Waals surface area contributed by atoms with Gasteiger partial charge >= 0.3 is 0 Å². The number of rotatable bonds is 4. The summed E-state index contributed by atoms with van der Waals surface area (Å²) in [4.78, 5) is 15.0. The number of hydrogen-bond acceptors (Lipinski definition) is 5. The van der Waals surface area contributed by atoms with E-state index in [0.717, 1.165) is 11.1 Å². The topological polar surface area (TPSA) is 38.8 Å². The Bertz CT molecular complexity index is 877. The first-order chi connectivity index (χ1) is 12.0. The van der Waals surface area contributed by atoms with E-state index >= 15 is 0 Å². The number of benzene rings is 2. The highest BCUT2D eigenvalue weighted by Gasteiger charge is 2.35. The van der Waals surface area contributed by atoms with Gasteiger partial charge in [0.25, 0.3) is 5.91 Å². The van der Waals surface area contributed by atoms with Gasteiger partial charge in [0.1, 0.15) is 11.5 Å². The number of aryl methyl sites for hydroxylation is 1. The molecular weight excluding hydrogens is 354 g/mol. The van der Waals surface area contributed by atoms with Gasteiger partial charge in [-0.15, -0.1) is 0 Å². The van der Waals surface area contributed by atoms with Gasteiger partial charge in [-0.3, -0.25) is 9.69 Å². The van der Waals surface area contributed by atoms with Gasteiger partial charge in [-0.1, -0.05) is 53.8 Å². The Labute approximate surface area is 156 Å². The fraction of sp³-hybridized carbons (Fsp3) is 0.158. The van der Waals surface area contributed by atoms with Crippen molar-refractivity contribution in [2.75, 3.05) is 19.1 Å². The zero-order chi connectivity index (χ0) is 18.0. The third-order valence-electron chi connectivity index (χ3n) is 3.76. The molecule has 1 saturated heterocycles. The lowest BCUT2D eigenvalue weighted by Crippen LogP contribution is -2.27. The van der Waals surface area contributed by atoms with Crippen molar-refractivity contribution in [2.45, 2.75) is 6.92 Å². The van der Waals surface area contributed by atoms with E-state index in [1.807, 2.05) is 37.3 Å². The Kier molecular flexibility index (Phi) is 5.11. The average Bonchev–Trinajstić information content (AvgIpc) is 2.88. The molecule has 0 spiro atoms. The lowest BCUT2D eigenvalue weighted by Gasteiger charge is -2.18. The van der Waals surface area contributed by atoms with Crippen LogP contribution >= 0.6 is 24.0 Å². The summed E-state index contributed by atoms with van der Waals surface area (Å²) in [7, 11) is 3.14. The van der Waals surface area contributed by atoms with E-state index in [4.69, 9.17) is 21.7 Å². The molecule has 2 aromatic carbocycles. The minimum atomic E-state index is -0.153. The van der Waals surface area contributed by atoms with Gasteiger partial charge in [0.05, 0.1) is 24.8 Å². The van der Waals surface area contributed by atoms with Crippen LogP contribution in [0.25, 0.3) is 6.08 Å². The van der Waals surface area contributed by atoms with Gasteiger partial charge < -0.3 is 9.47 Å². The van der Waals surface area contributed by atoms with Crippen molar-refractivity contribution < 1.29 is 14.3 Å². The van der Waals surface area contributed by atoms with Crippen LogP contribution in [0.2, 0.25) is 0 Å². The number of thioether (sulfide) groups is 1. The number of anilines is 1. The molecule has 0 aromatic heterocycles. The van der Waals surface area contributed by atoms with Crippen molar-refractivity contribution in [3.8, 4) is 11.5 Å². The minimum Gasteiger partial charge on any atom is -0.497 e. The molecule has 3 rings (SSSR count). The summed E-state index contributed by atoms with van der Waals surface area (Å²) in [6.45, 7) is 2.02. The summed E-state index contributed by atoms with van der Waals surface area (Å²) in [5, 5.41) is 0. The quantitative estimate of drug-likeness (QED) is 0.588. The fourth-order valence-electron chi connectivity index (χ4n) is 2.56. The maximum atomic E-state index is 12.9. The SMILES string of the molecule is COc1ccc(N2C(=O)/C(=C/c3cccc(C)c3)SC2=S)c(OC)c1. The average molecular weight is 371 g/mol. The molecule has 0 aliphatic carbocycles. The smallest absolute Gasteiger partial charge is 0.270 e. The molecule has 0 N–H and O–H groups in total. The summed E-state index contributed by atoms with van der Waals surface area (Å²) >= 11 is 6.72. The molecule has 0 bridgehead atoms. The van der Waals surface area contributed by atoms with Crippen LogP contribution in [-0.4, -0.2) is 24.4 Å². The van der Waals surface area contributed by atoms with Gasteiger partial charge in [-0.25, -0.2) is 0 Å². The van der Waals surface area contributed by atoms with Crippen LogP contribution < -0.4 is 14.4 Å². The van der Waals surface area contributed by atoms with Gasteiger partial charge in [0.15, 0.2) is 4.32 Å². The molecular formula is C19H17NO3S2. The Morgan fingerprint density at radius 1 is 1.12 bits per heavy atom. The molecule has 1 aliphatic rings. The lowest BCUT2D eigenvalue weighted by atomic mass is 10.1. The van der Waals surface area contributed by atoms with E-state index in [1.54, 1.807) is 32.4 Å². The van der Waals surface area contributed by atoms with Gasteiger partial charge in [0.2, 0.25) is 0 Å². The highest BCUT2D eigenvalue weighted by atomic mass is 32.2. The largest absolute Gasteiger partial charge is 0.497 e. The first kappa shape index (κ1) is 17.5. The zero-order valence-corrected chi connectivity index (χ0v) is 15.7. The maximum absolute atomic E-state index is 12.9. The van der Waals surface area contributed by atoms with Crippen molar-refractivity contribution in [2.24, 2.45) is 0 Å². The second-order valence-electron chi connectivity index (χ2n) is 5.47. The highest BCUT2D eigenvalue weighted by molar-refractivity contribution is 8.27. The number of nitrogens with zero attached hydrogens (tertiary/aromatic N) is 1. The molecule has 1 aliphatic heterocycles. The molecule has 25 heavy (non-hydrogen) atoms. The highest BCUT2D eigenvalue weighted by Crippen LogP contribution is 2.41. The first-order valence-corrected chi connectivity index (χ1v) is 8.82. The summed E-state index contributed by atoms with van der Waals surface area (Å²) < 4.78 is 11.1. The van der Waals surface area contributed by atoms with Crippen molar-refractivity contribution in [3.63, 3.8) is 0 Å². The van der Waals surface area contributed by atoms with E-state index < -0.39 is 0 Å². The third-order valence-corrected chi connectivity index (χ3v) is 5.06. The molecule has 1 heterocycles. The van der Waals surface area contributed by atoms with Crippen LogP contribution in [0.4, 0.5) is 5.69 Å². The van der Waals surface area contributed by atoms with E-state index in [-0.39, 0.29) is 5.91 Å². The van der Waals surface area contributed by atoms with Crippen LogP contribution in [0.5, 0.6) is 11.5 Å². The second-order valence-corrected chi connectivity index (χ2v) is 7.14. The molecule has 0 atom stereocenters. The summed E-state index contributed by atoms with van der Waals surface area (Å²) in [5.74, 6) is 1.04. The molecule has 2 aromatic rings. The molecule has 6 heteroatoms. The van der Waals surface area contributed by atoms with Crippen LogP contribution in [0.3, 0.4) is 0 Å². The number of hydrogen-bond donors (Lipinski definition) is 0. The zero-order valence-electron chi connectivity index (χ0n) is 14.1. The maximum Gasteiger partial charge on any atom is 0.270 e. The first-order valence-electron chi connectivity index (χ1n) is 7.60. The molecule has 0 unspecified atom stereocenters. The molecule has 1 fully saturated rings. The predicted octanol–water partition coefficient (Wildman–Crippen LogP) is 4.42. The van der Waals surface area contributed by atoms with Gasteiger partial charge in [-0.2, -0.15) is 0 Å². The minimum absolute atomic E-state index is 0.153. The Morgan fingerprint density at radius 2 is 1.92 bits per heavy atom. The molecule has 0 radical (unpaired) electrons. The van der Waals surface area contributed by atoms with Crippen molar-refractivity contribution in [1.29, 1.82) is 0 Å². The van der Waals surface area contributed by atoms with E-state index in [9.17, 15) is 4.79 Å². The number of carbonyl (C=O) groups excluding carboxylic acids is 1. The Morgan fingerprint density at radius 3 is 2.60 bits per heavy atom. The van der Waals surface area contributed by atoms with E-state index in [0.29, 0.717) is 26.4 Å². The molecule has 1 amide bonds. The van der Waals surface area contributed by atoms with Crippen LogP contribution in [-0.2, 0) is 4.79 Å². The Balaban J connectivity index is 1.97. The molecule has 4 nitrogen and oxygen atoms in total. The number of carbonyl (C=O) groups is 1. The second kappa shape index (κ2) is 7.29.